The van der Waals surface area contributed by atoms with Crippen molar-refractivity contribution >= 4 is 5.82 Å². The fourth-order valence-corrected chi connectivity index (χ4v) is 2.43. The average Bonchev–Trinajstić information content (AvgIpc) is 2.39. The number of rotatable bonds is 4. The monoisotopic (exact) mass is 249 g/mol. The van der Waals surface area contributed by atoms with Crippen LogP contribution in [-0.2, 0) is 0 Å². The summed E-state index contributed by atoms with van der Waals surface area (Å²) in [6, 6.07) is 4.52. The van der Waals surface area contributed by atoms with Crippen LogP contribution in [0.3, 0.4) is 0 Å². The van der Waals surface area contributed by atoms with Gasteiger partial charge in [0.05, 0.1) is 6.10 Å². The number of piperidine rings is 1. The summed E-state index contributed by atoms with van der Waals surface area (Å²) in [4.78, 5) is 6.68. The molecule has 0 spiro atoms. The summed E-state index contributed by atoms with van der Waals surface area (Å²) in [5, 5.41) is 13.0. The quantitative estimate of drug-likeness (QED) is 0.853. The van der Waals surface area contributed by atoms with Gasteiger partial charge in [0.2, 0.25) is 0 Å². The SMILES string of the molecule is CCNC(C)c1ccc(N2CCCC(O)C2)nc1. The first-order chi connectivity index (χ1) is 8.70. The number of nitrogens with one attached hydrogen (secondary N) is 1. The zero-order valence-corrected chi connectivity index (χ0v) is 11.3. The van der Waals surface area contributed by atoms with E-state index in [1.54, 1.807) is 0 Å². The molecule has 0 saturated carbocycles. The van der Waals surface area contributed by atoms with E-state index < -0.39 is 0 Å². The molecule has 0 bridgehead atoms. The van der Waals surface area contributed by atoms with Gasteiger partial charge in [-0.1, -0.05) is 13.0 Å². The lowest BCUT2D eigenvalue weighted by molar-refractivity contribution is 0.154. The smallest absolute Gasteiger partial charge is 0.128 e. The van der Waals surface area contributed by atoms with E-state index in [9.17, 15) is 5.11 Å². The van der Waals surface area contributed by atoms with Crippen molar-refractivity contribution < 1.29 is 5.11 Å². The maximum Gasteiger partial charge on any atom is 0.128 e. The number of nitrogens with zero attached hydrogens (tertiary/aromatic N) is 2. The summed E-state index contributed by atoms with van der Waals surface area (Å²) < 4.78 is 0. The van der Waals surface area contributed by atoms with E-state index in [1.807, 2.05) is 6.20 Å². The average molecular weight is 249 g/mol. The van der Waals surface area contributed by atoms with E-state index in [1.165, 1.54) is 5.56 Å². The molecule has 4 heteroatoms. The Hall–Kier alpha value is -1.13. The molecule has 1 aromatic rings. The second kappa shape index (κ2) is 6.16. The third-order valence-electron chi connectivity index (χ3n) is 3.50. The van der Waals surface area contributed by atoms with Gasteiger partial charge in [0.1, 0.15) is 5.82 Å². The first-order valence-corrected chi connectivity index (χ1v) is 6.83. The Balaban J connectivity index is 2.02. The fourth-order valence-electron chi connectivity index (χ4n) is 2.43. The summed E-state index contributed by atoms with van der Waals surface area (Å²) in [5.74, 6) is 0.973. The number of hydrogen-bond acceptors (Lipinski definition) is 4. The molecule has 2 rings (SSSR count). The van der Waals surface area contributed by atoms with E-state index in [0.29, 0.717) is 12.6 Å². The molecule has 1 aliphatic rings. The van der Waals surface area contributed by atoms with Crippen LogP contribution < -0.4 is 10.2 Å². The molecule has 1 aliphatic heterocycles. The molecule has 2 heterocycles. The van der Waals surface area contributed by atoms with Gasteiger partial charge in [0, 0.05) is 25.3 Å². The Kier molecular flexibility index (Phi) is 4.55. The van der Waals surface area contributed by atoms with Crippen LogP contribution >= 0.6 is 0 Å². The van der Waals surface area contributed by atoms with Crippen molar-refractivity contribution in [2.75, 3.05) is 24.5 Å². The number of hydrogen-bond donors (Lipinski definition) is 2. The van der Waals surface area contributed by atoms with Gasteiger partial charge in [-0.2, -0.15) is 0 Å². The molecular weight excluding hydrogens is 226 g/mol. The minimum absolute atomic E-state index is 0.207. The minimum Gasteiger partial charge on any atom is -0.391 e. The van der Waals surface area contributed by atoms with Gasteiger partial charge >= 0.3 is 0 Å². The first-order valence-electron chi connectivity index (χ1n) is 6.83. The molecule has 1 saturated heterocycles. The lowest BCUT2D eigenvalue weighted by Gasteiger charge is -2.31. The Bertz CT molecular complexity index is 366. The van der Waals surface area contributed by atoms with Gasteiger partial charge in [-0.05, 0) is 37.9 Å². The van der Waals surface area contributed by atoms with Crippen LogP contribution in [0.15, 0.2) is 18.3 Å². The van der Waals surface area contributed by atoms with Crippen molar-refractivity contribution in [2.24, 2.45) is 0 Å². The number of aliphatic hydroxyl groups is 1. The summed E-state index contributed by atoms with van der Waals surface area (Å²) in [5.41, 5.74) is 1.21. The first kappa shape index (κ1) is 13.3. The highest BCUT2D eigenvalue weighted by Crippen LogP contribution is 2.19. The van der Waals surface area contributed by atoms with E-state index in [0.717, 1.165) is 31.7 Å². The number of β-amino-alcohol motifs (C(OH)–C–C–N with tert-alkyl or cyclic N) is 1. The zero-order chi connectivity index (χ0) is 13.0. The molecule has 2 unspecified atom stereocenters. The highest BCUT2D eigenvalue weighted by Gasteiger charge is 2.18. The molecular formula is C14H23N3O. The predicted molar refractivity (Wildman–Crippen MR) is 73.8 cm³/mol. The third kappa shape index (κ3) is 3.21. The number of aliphatic hydroxyl groups excluding tert-OH is 1. The second-order valence-corrected chi connectivity index (χ2v) is 4.97. The van der Waals surface area contributed by atoms with Gasteiger partial charge in [0.15, 0.2) is 0 Å². The number of anilines is 1. The van der Waals surface area contributed by atoms with Crippen LogP contribution in [0.25, 0.3) is 0 Å². The predicted octanol–water partition coefficient (Wildman–Crippen LogP) is 1.71. The van der Waals surface area contributed by atoms with Crippen LogP contribution in [0.5, 0.6) is 0 Å². The Morgan fingerprint density at radius 3 is 3.00 bits per heavy atom. The van der Waals surface area contributed by atoms with E-state index >= 15 is 0 Å². The molecule has 2 N–H and O–H groups in total. The summed E-state index contributed by atoms with van der Waals surface area (Å²) >= 11 is 0. The Morgan fingerprint density at radius 1 is 1.56 bits per heavy atom. The third-order valence-corrected chi connectivity index (χ3v) is 3.50. The highest BCUT2D eigenvalue weighted by atomic mass is 16.3. The standard InChI is InChI=1S/C14H23N3O/c1-3-15-11(2)12-6-7-14(16-9-12)17-8-4-5-13(18)10-17/h6-7,9,11,13,15,18H,3-5,8,10H2,1-2H3. The fraction of sp³-hybridized carbons (Fsp3) is 0.643. The van der Waals surface area contributed by atoms with Gasteiger partial charge in [-0.25, -0.2) is 4.98 Å². The summed E-state index contributed by atoms with van der Waals surface area (Å²) in [6.07, 6.45) is 3.68. The topological polar surface area (TPSA) is 48.4 Å². The van der Waals surface area contributed by atoms with Crippen molar-refractivity contribution in [3.05, 3.63) is 23.9 Å². The lowest BCUT2D eigenvalue weighted by atomic mass is 10.1. The van der Waals surface area contributed by atoms with Crippen molar-refractivity contribution in [2.45, 2.75) is 38.8 Å². The maximum absolute atomic E-state index is 9.67. The summed E-state index contributed by atoms with van der Waals surface area (Å²) in [7, 11) is 0. The van der Waals surface area contributed by atoms with Gasteiger partial charge < -0.3 is 15.3 Å². The van der Waals surface area contributed by atoms with Crippen LogP contribution in [0.4, 0.5) is 5.82 Å². The molecule has 0 aliphatic carbocycles. The number of aromatic nitrogens is 1. The van der Waals surface area contributed by atoms with E-state index in [-0.39, 0.29) is 6.10 Å². The largest absolute Gasteiger partial charge is 0.391 e. The Labute approximate surface area is 109 Å². The number of pyridine rings is 1. The van der Waals surface area contributed by atoms with Crippen molar-refractivity contribution in [1.29, 1.82) is 0 Å². The molecule has 100 valence electrons. The van der Waals surface area contributed by atoms with Crippen molar-refractivity contribution in [3.8, 4) is 0 Å². The lowest BCUT2D eigenvalue weighted by Crippen LogP contribution is -2.38. The van der Waals surface area contributed by atoms with E-state index in [2.05, 4.69) is 41.2 Å². The summed E-state index contributed by atoms with van der Waals surface area (Å²) in [6.45, 7) is 6.90. The molecule has 0 amide bonds. The maximum atomic E-state index is 9.67. The molecule has 1 aromatic heterocycles. The highest BCUT2D eigenvalue weighted by molar-refractivity contribution is 5.40. The van der Waals surface area contributed by atoms with Gasteiger partial charge in [-0.15, -0.1) is 0 Å². The van der Waals surface area contributed by atoms with Crippen LogP contribution in [0, 0.1) is 0 Å². The van der Waals surface area contributed by atoms with Crippen LogP contribution in [0.2, 0.25) is 0 Å². The normalized spacial score (nSPS) is 21.9. The molecule has 0 radical (unpaired) electrons. The Morgan fingerprint density at radius 2 is 2.39 bits per heavy atom. The van der Waals surface area contributed by atoms with Gasteiger partial charge in [-0.3, -0.25) is 0 Å². The van der Waals surface area contributed by atoms with Gasteiger partial charge in [0.25, 0.3) is 0 Å². The molecule has 18 heavy (non-hydrogen) atoms. The molecule has 1 fully saturated rings. The second-order valence-electron chi connectivity index (χ2n) is 4.97. The molecule has 4 nitrogen and oxygen atoms in total. The van der Waals surface area contributed by atoms with Crippen molar-refractivity contribution in [3.63, 3.8) is 0 Å². The molecule has 0 aromatic carbocycles. The van der Waals surface area contributed by atoms with Crippen LogP contribution in [-0.4, -0.2) is 35.8 Å². The van der Waals surface area contributed by atoms with Crippen LogP contribution in [0.1, 0.15) is 38.3 Å². The van der Waals surface area contributed by atoms with Crippen molar-refractivity contribution in [1.82, 2.24) is 10.3 Å². The zero-order valence-electron chi connectivity index (χ0n) is 11.3. The molecule has 2 atom stereocenters. The minimum atomic E-state index is -0.207. The van der Waals surface area contributed by atoms with E-state index in [4.69, 9.17) is 0 Å².